The Bertz CT molecular complexity index is 1070. The first kappa shape index (κ1) is 37.4. The first-order valence-electron chi connectivity index (χ1n) is 15.5. The molecule has 4 aromatic rings. The van der Waals surface area contributed by atoms with E-state index in [9.17, 15) is 0 Å². The molecule has 217 valence electrons. The molecule has 40 heavy (non-hydrogen) atoms. The molecular weight excluding hydrogens is 623 g/mol. The molecule has 0 atom stereocenters. The normalized spacial score (nSPS) is 10.2. The van der Waals surface area contributed by atoms with Gasteiger partial charge in [-0.05, 0) is 12.8 Å². The van der Waals surface area contributed by atoms with Crippen molar-refractivity contribution in [2.24, 2.45) is 0 Å². The van der Waals surface area contributed by atoms with Crippen molar-refractivity contribution in [1.82, 2.24) is 0 Å². The number of halogens is 2. The van der Waals surface area contributed by atoms with Crippen molar-refractivity contribution in [3.05, 3.63) is 82.9 Å². The van der Waals surface area contributed by atoms with Crippen LogP contribution in [0.1, 0.15) is 108 Å². The van der Waals surface area contributed by atoms with Crippen LogP contribution in [0, 0.1) is 0 Å². The summed E-state index contributed by atoms with van der Waals surface area (Å²) >= 11 is -0.826. The van der Waals surface area contributed by atoms with E-state index in [1.54, 1.807) is 22.3 Å². The van der Waals surface area contributed by atoms with E-state index in [-0.39, 0.29) is 0 Å². The van der Waals surface area contributed by atoms with Gasteiger partial charge in [-0.3, -0.25) is 0 Å². The molecule has 3 radical (unpaired) electrons. The SMILES string of the molecule is CCCCc1[cH-]c2ccccc2c1CCCC.CCCCc1[cH-]c2ccccc2c1CCCC.CC[Si].[Cl][Zr+2][Cl]. The first-order valence-corrected chi connectivity index (χ1v) is 22.5. The third kappa shape index (κ3) is 13.1. The molecule has 4 heteroatoms. The molecule has 0 spiro atoms. The van der Waals surface area contributed by atoms with Gasteiger partial charge in [0.1, 0.15) is 0 Å². The predicted molar refractivity (Wildman–Crippen MR) is 181 cm³/mol. The van der Waals surface area contributed by atoms with E-state index in [0.29, 0.717) is 0 Å². The Morgan fingerprint density at radius 2 is 0.875 bits per heavy atom. The average Bonchev–Trinajstić information content (AvgIpc) is 3.51. The summed E-state index contributed by atoms with van der Waals surface area (Å²) in [6.45, 7) is 11.1. The van der Waals surface area contributed by atoms with E-state index in [0.717, 1.165) is 6.04 Å². The van der Waals surface area contributed by atoms with Crippen molar-refractivity contribution >= 4 is 48.8 Å². The summed E-state index contributed by atoms with van der Waals surface area (Å²) in [5.41, 5.74) is 6.44. The van der Waals surface area contributed by atoms with Gasteiger partial charge in [0.05, 0.1) is 0 Å². The summed E-state index contributed by atoms with van der Waals surface area (Å²) in [7, 11) is 13.1. The fourth-order valence-electron chi connectivity index (χ4n) is 5.17. The molecular formula is C36H51Cl2SiZr. The van der Waals surface area contributed by atoms with Crippen molar-refractivity contribution in [3.63, 3.8) is 0 Å². The van der Waals surface area contributed by atoms with Crippen LogP contribution in [-0.2, 0) is 46.5 Å². The van der Waals surface area contributed by atoms with Gasteiger partial charge in [-0.25, -0.2) is 0 Å². The van der Waals surface area contributed by atoms with Gasteiger partial charge in [0.2, 0.25) is 0 Å². The van der Waals surface area contributed by atoms with E-state index in [1.165, 1.54) is 98.6 Å². The average molecular weight is 674 g/mol. The molecule has 0 fully saturated rings. The van der Waals surface area contributed by atoms with Crippen molar-refractivity contribution in [1.29, 1.82) is 0 Å². The van der Waals surface area contributed by atoms with Crippen LogP contribution in [0.15, 0.2) is 60.7 Å². The molecule has 0 aliphatic heterocycles. The van der Waals surface area contributed by atoms with E-state index in [1.807, 2.05) is 6.92 Å². The van der Waals surface area contributed by atoms with Gasteiger partial charge in [-0.2, -0.15) is 11.1 Å². The number of fused-ring (bicyclic) bond motifs is 2. The van der Waals surface area contributed by atoms with Crippen molar-refractivity contribution < 1.29 is 20.8 Å². The van der Waals surface area contributed by atoms with E-state index in [4.69, 9.17) is 17.0 Å². The van der Waals surface area contributed by atoms with Crippen molar-refractivity contribution in [2.45, 2.75) is 118 Å². The zero-order valence-electron chi connectivity index (χ0n) is 25.7. The molecule has 0 unspecified atom stereocenters. The summed E-state index contributed by atoms with van der Waals surface area (Å²) in [6.07, 6.45) is 15.4. The van der Waals surface area contributed by atoms with Gasteiger partial charge in [0, 0.05) is 10.2 Å². The fourth-order valence-corrected chi connectivity index (χ4v) is 5.17. The van der Waals surface area contributed by atoms with Gasteiger partial charge in [-0.1, -0.05) is 117 Å². The number of rotatable bonds is 12. The third-order valence-electron chi connectivity index (χ3n) is 7.17. The Labute approximate surface area is 268 Å². The van der Waals surface area contributed by atoms with Crippen LogP contribution in [-0.4, -0.2) is 10.2 Å². The standard InChI is InChI=1S/2C17H23.C2H5Si.2ClH.Zr/c2*1-3-5-9-14-13-15-10-7-8-12-17(15)16(14)11-6-4-2;1-2-3;;;/h2*7-8,10,12-13H,3-6,9,11H2,1-2H3;2H2,1H3;2*1H;/q2*-1;;;;+4/p-2. The third-order valence-corrected chi connectivity index (χ3v) is 7.17. The van der Waals surface area contributed by atoms with E-state index >= 15 is 0 Å². The molecule has 0 heterocycles. The summed E-state index contributed by atoms with van der Waals surface area (Å²) in [4.78, 5) is 0. The molecule has 4 aromatic carbocycles. The van der Waals surface area contributed by atoms with Gasteiger partial charge in [0.25, 0.3) is 0 Å². The van der Waals surface area contributed by atoms with E-state index < -0.39 is 20.8 Å². The molecule has 0 nitrogen and oxygen atoms in total. The van der Waals surface area contributed by atoms with E-state index in [2.05, 4.69) is 98.6 Å². The van der Waals surface area contributed by atoms with Crippen LogP contribution in [0.25, 0.3) is 21.5 Å². The van der Waals surface area contributed by atoms with Crippen molar-refractivity contribution in [2.75, 3.05) is 0 Å². The quantitative estimate of drug-likeness (QED) is 0.104. The number of unbranched alkanes of at least 4 members (excludes halogenated alkanes) is 4. The molecule has 0 amide bonds. The van der Waals surface area contributed by atoms with Crippen molar-refractivity contribution in [3.8, 4) is 0 Å². The minimum absolute atomic E-state index is 0.826. The zero-order chi connectivity index (χ0) is 29.6. The maximum atomic E-state index is 4.93. The zero-order valence-corrected chi connectivity index (χ0v) is 30.7. The van der Waals surface area contributed by atoms with Gasteiger partial charge >= 0.3 is 37.9 Å². The Morgan fingerprint density at radius 1 is 0.575 bits per heavy atom. The second kappa shape index (κ2) is 23.9. The Morgan fingerprint density at radius 3 is 1.20 bits per heavy atom. The molecule has 0 aromatic heterocycles. The van der Waals surface area contributed by atoms with Gasteiger partial charge in [-0.15, -0.1) is 81.2 Å². The molecule has 0 aliphatic carbocycles. The Balaban J connectivity index is 0.000000335. The first-order chi connectivity index (χ1) is 19.6. The predicted octanol–water partition coefficient (Wildman–Crippen LogP) is 12.5. The fraction of sp³-hybridized carbons (Fsp3) is 0.500. The van der Waals surface area contributed by atoms with Crippen LogP contribution in [0.4, 0.5) is 0 Å². The Kier molecular flexibility index (Phi) is 22.3. The maximum absolute atomic E-state index is 4.93. The van der Waals surface area contributed by atoms with Crippen LogP contribution < -0.4 is 0 Å². The Hall–Kier alpha value is -0.660. The number of hydrogen-bond donors (Lipinski definition) is 0. The van der Waals surface area contributed by atoms with Crippen LogP contribution >= 0.6 is 17.0 Å². The molecule has 4 rings (SSSR count). The topological polar surface area (TPSA) is 0 Å². The van der Waals surface area contributed by atoms with Gasteiger partial charge in [0.15, 0.2) is 0 Å². The monoisotopic (exact) mass is 671 g/mol. The number of benzene rings is 2. The summed E-state index contributed by atoms with van der Waals surface area (Å²) in [5, 5.41) is 5.86. The van der Waals surface area contributed by atoms with Crippen LogP contribution in [0.2, 0.25) is 6.04 Å². The number of hydrogen-bond acceptors (Lipinski definition) is 0. The molecule has 0 N–H and O–H groups in total. The van der Waals surface area contributed by atoms with Gasteiger partial charge < -0.3 is 0 Å². The summed E-state index contributed by atoms with van der Waals surface area (Å²) in [6, 6.07) is 23.6. The minimum atomic E-state index is -0.826. The van der Waals surface area contributed by atoms with Crippen LogP contribution in [0.5, 0.6) is 0 Å². The summed E-state index contributed by atoms with van der Waals surface area (Å²) < 4.78 is 0. The summed E-state index contributed by atoms with van der Waals surface area (Å²) in [5.74, 6) is 0. The van der Waals surface area contributed by atoms with Crippen LogP contribution in [0.3, 0.4) is 0 Å². The number of aryl methyl sites for hydroxylation is 4. The molecule has 0 bridgehead atoms. The molecule has 0 saturated carbocycles. The second-order valence-corrected chi connectivity index (χ2v) is 14.7. The second-order valence-electron chi connectivity index (χ2n) is 10.3. The molecule has 0 saturated heterocycles. The molecule has 0 aliphatic rings.